The highest BCUT2D eigenvalue weighted by molar-refractivity contribution is 14.1. The van der Waals surface area contributed by atoms with Gasteiger partial charge in [0.05, 0.1) is 0 Å². The van der Waals surface area contributed by atoms with E-state index in [9.17, 15) is 0 Å². The number of piperidine rings is 1. The lowest BCUT2D eigenvalue weighted by Crippen LogP contribution is -2.40. The Morgan fingerprint density at radius 2 is 2.23 bits per heavy atom. The van der Waals surface area contributed by atoms with Crippen molar-refractivity contribution in [2.75, 3.05) is 18.0 Å². The molecule has 78 valence electrons. The molecule has 2 atom stereocenters. The zero-order chi connectivity index (χ0) is 9.68. The molecule has 0 radical (unpaired) electrons. The van der Waals surface area contributed by atoms with E-state index >= 15 is 0 Å². The average Bonchev–Trinajstić information content (AvgIpc) is 2.17. The van der Waals surface area contributed by atoms with Crippen LogP contribution in [-0.2, 0) is 0 Å². The minimum atomic E-state index is 0.883. The average molecular weight is 295 g/mol. The predicted molar refractivity (Wildman–Crippen MR) is 67.6 cm³/mol. The first kappa shape index (κ1) is 11.8. The molecule has 1 fully saturated rings. The van der Waals surface area contributed by atoms with Gasteiger partial charge < -0.3 is 4.90 Å². The Kier molecular flexibility index (Phi) is 5.63. The van der Waals surface area contributed by atoms with Crippen molar-refractivity contribution in [1.82, 2.24) is 4.90 Å². The molecule has 1 nitrogen and oxygen atoms in total. The van der Waals surface area contributed by atoms with Crippen LogP contribution in [-0.4, -0.2) is 29.0 Å². The van der Waals surface area contributed by atoms with E-state index in [1.54, 1.807) is 0 Å². The van der Waals surface area contributed by atoms with Crippen LogP contribution < -0.4 is 0 Å². The second-order valence-corrected chi connectivity index (χ2v) is 5.20. The van der Waals surface area contributed by atoms with Crippen molar-refractivity contribution in [3.05, 3.63) is 0 Å². The van der Waals surface area contributed by atoms with Gasteiger partial charge in [-0.3, -0.25) is 0 Å². The van der Waals surface area contributed by atoms with Crippen molar-refractivity contribution in [2.45, 2.75) is 45.1 Å². The number of alkyl halides is 1. The molecule has 13 heavy (non-hydrogen) atoms. The number of nitrogens with zero attached hydrogens (tertiary/aromatic N) is 1. The fraction of sp³-hybridized carbons (Fsp3) is 1.00. The van der Waals surface area contributed by atoms with Gasteiger partial charge in [0.1, 0.15) is 0 Å². The summed E-state index contributed by atoms with van der Waals surface area (Å²) in [6.07, 6.45) is 7.03. The standard InChI is InChI=1S/C11H22IN/c1-3-4-5-11-8-10(9-12)6-7-13(11)2/h10-11H,3-9H2,1-2H3. The number of likely N-dealkylation sites (tertiary alicyclic amines) is 1. The molecule has 2 heteroatoms. The molecule has 0 aromatic rings. The lowest BCUT2D eigenvalue weighted by molar-refractivity contribution is 0.142. The molecule has 0 bridgehead atoms. The summed E-state index contributed by atoms with van der Waals surface area (Å²) < 4.78 is 1.36. The molecule has 2 unspecified atom stereocenters. The fourth-order valence-electron chi connectivity index (χ4n) is 2.17. The fourth-order valence-corrected chi connectivity index (χ4v) is 2.97. The summed E-state index contributed by atoms with van der Waals surface area (Å²) in [5, 5.41) is 0. The highest BCUT2D eigenvalue weighted by atomic mass is 127. The van der Waals surface area contributed by atoms with Crippen LogP contribution in [0.1, 0.15) is 39.0 Å². The summed E-state index contributed by atoms with van der Waals surface area (Å²) in [5.74, 6) is 0.999. The summed E-state index contributed by atoms with van der Waals surface area (Å²) in [7, 11) is 2.30. The summed E-state index contributed by atoms with van der Waals surface area (Å²) >= 11 is 2.54. The maximum absolute atomic E-state index is 2.57. The maximum Gasteiger partial charge on any atom is 0.00951 e. The van der Waals surface area contributed by atoms with Gasteiger partial charge in [-0.05, 0) is 38.8 Å². The van der Waals surface area contributed by atoms with E-state index in [-0.39, 0.29) is 0 Å². The lowest BCUT2D eigenvalue weighted by atomic mass is 9.90. The Labute approximate surface area is 96.4 Å². The Balaban J connectivity index is 2.31. The third-order valence-electron chi connectivity index (χ3n) is 3.23. The normalized spacial score (nSPS) is 30.7. The van der Waals surface area contributed by atoms with Gasteiger partial charge in [0, 0.05) is 10.5 Å². The SMILES string of the molecule is CCCCC1CC(CI)CCN1C. The van der Waals surface area contributed by atoms with Crippen LogP contribution in [0.3, 0.4) is 0 Å². The van der Waals surface area contributed by atoms with Crippen LogP contribution in [0.2, 0.25) is 0 Å². The topological polar surface area (TPSA) is 3.24 Å². The van der Waals surface area contributed by atoms with Gasteiger partial charge in [-0.1, -0.05) is 42.4 Å². The van der Waals surface area contributed by atoms with E-state index in [1.165, 1.54) is 43.1 Å². The largest absolute Gasteiger partial charge is 0.303 e. The van der Waals surface area contributed by atoms with E-state index in [2.05, 4.69) is 41.5 Å². The third kappa shape index (κ3) is 3.74. The zero-order valence-corrected chi connectivity index (χ0v) is 11.1. The molecule has 1 aliphatic heterocycles. The highest BCUT2D eigenvalue weighted by Crippen LogP contribution is 2.26. The first-order valence-electron chi connectivity index (χ1n) is 5.54. The quantitative estimate of drug-likeness (QED) is 0.568. The predicted octanol–water partition coefficient (Wildman–Crippen LogP) is 3.32. The Bertz CT molecular complexity index is 138. The molecular weight excluding hydrogens is 273 g/mol. The molecule has 0 aliphatic carbocycles. The Hall–Kier alpha value is 0.690. The third-order valence-corrected chi connectivity index (χ3v) is 4.47. The first-order chi connectivity index (χ1) is 6.27. The van der Waals surface area contributed by atoms with Gasteiger partial charge in [0.15, 0.2) is 0 Å². The first-order valence-corrected chi connectivity index (χ1v) is 7.06. The molecular formula is C11H22IN. The van der Waals surface area contributed by atoms with Gasteiger partial charge in [-0.25, -0.2) is 0 Å². The van der Waals surface area contributed by atoms with Crippen LogP contribution in [0.4, 0.5) is 0 Å². The second kappa shape index (κ2) is 6.23. The van der Waals surface area contributed by atoms with Gasteiger partial charge in [0.2, 0.25) is 0 Å². The molecule has 0 aromatic carbocycles. The molecule has 0 amide bonds. The van der Waals surface area contributed by atoms with E-state index in [0.717, 1.165) is 12.0 Å². The van der Waals surface area contributed by atoms with Crippen molar-refractivity contribution in [3.63, 3.8) is 0 Å². The van der Waals surface area contributed by atoms with Crippen molar-refractivity contribution in [3.8, 4) is 0 Å². The van der Waals surface area contributed by atoms with Gasteiger partial charge in [0.25, 0.3) is 0 Å². The van der Waals surface area contributed by atoms with Gasteiger partial charge in [-0.2, -0.15) is 0 Å². The maximum atomic E-state index is 2.57. The van der Waals surface area contributed by atoms with E-state index < -0.39 is 0 Å². The molecule has 0 aromatic heterocycles. The summed E-state index contributed by atoms with van der Waals surface area (Å²) in [5.41, 5.74) is 0. The number of rotatable bonds is 4. The monoisotopic (exact) mass is 295 g/mol. The smallest absolute Gasteiger partial charge is 0.00951 e. The molecule has 0 saturated carbocycles. The molecule has 1 saturated heterocycles. The van der Waals surface area contributed by atoms with Crippen molar-refractivity contribution >= 4 is 22.6 Å². The summed E-state index contributed by atoms with van der Waals surface area (Å²) in [4.78, 5) is 2.57. The number of hydrogen-bond donors (Lipinski definition) is 0. The second-order valence-electron chi connectivity index (χ2n) is 4.32. The van der Waals surface area contributed by atoms with Gasteiger partial charge in [-0.15, -0.1) is 0 Å². The van der Waals surface area contributed by atoms with E-state index in [0.29, 0.717) is 0 Å². The van der Waals surface area contributed by atoms with E-state index in [4.69, 9.17) is 0 Å². The van der Waals surface area contributed by atoms with Crippen LogP contribution in [0.15, 0.2) is 0 Å². The molecule has 1 rings (SSSR count). The highest BCUT2D eigenvalue weighted by Gasteiger charge is 2.24. The Morgan fingerprint density at radius 3 is 2.85 bits per heavy atom. The summed E-state index contributed by atoms with van der Waals surface area (Å²) in [6.45, 7) is 3.61. The minimum absolute atomic E-state index is 0.883. The van der Waals surface area contributed by atoms with Crippen molar-refractivity contribution < 1.29 is 0 Å². The van der Waals surface area contributed by atoms with Crippen LogP contribution in [0.25, 0.3) is 0 Å². The number of halogens is 1. The van der Waals surface area contributed by atoms with Crippen molar-refractivity contribution in [1.29, 1.82) is 0 Å². The summed E-state index contributed by atoms with van der Waals surface area (Å²) in [6, 6.07) is 0.883. The van der Waals surface area contributed by atoms with Crippen LogP contribution >= 0.6 is 22.6 Å². The molecule has 0 spiro atoms. The lowest BCUT2D eigenvalue weighted by Gasteiger charge is -2.36. The van der Waals surface area contributed by atoms with Crippen molar-refractivity contribution in [2.24, 2.45) is 5.92 Å². The number of hydrogen-bond acceptors (Lipinski definition) is 1. The minimum Gasteiger partial charge on any atom is -0.303 e. The number of unbranched alkanes of at least 4 members (excludes halogenated alkanes) is 1. The van der Waals surface area contributed by atoms with Gasteiger partial charge >= 0.3 is 0 Å². The Morgan fingerprint density at radius 1 is 1.46 bits per heavy atom. The molecule has 1 aliphatic rings. The van der Waals surface area contributed by atoms with Crippen LogP contribution in [0.5, 0.6) is 0 Å². The van der Waals surface area contributed by atoms with Crippen LogP contribution in [0, 0.1) is 5.92 Å². The zero-order valence-electron chi connectivity index (χ0n) is 8.93. The van der Waals surface area contributed by atoms with E-state index in [1.807, 2.05) is 0 Å². The molecule has 0 N–H and O–H groups in total. The molecule has 1 heterocycles.